The fourth-order valence-corrected chi connectivity index (χ4v) is 3.24. The molecule has 2 unspecified atom stereocenters. The highest BCUT2D eigenvalue weighted by Crippen LogP contribution is 2.20. The van der Waals surface area contributed by atoms with E-state index in [0.29, 0.717) is 12.5 Å². The average molecular weight is 473 g/mol. The van der Waals surface area contributed by atoms with Gasteiger partial charge in [0.05, 0.1) is 13.2 Å². The standard InChI is InChI=1S/C19H27N3OS.HI/c1-3-20-19(21-12-15(2)18-10-7-11-24-18)22-13-17(14-23)16-8-5-4-6-9-16;/h4-11,15,17,23H,3,12-14H2,1-2H3,(H2,20,21,22);1H. The molecule has 2 rings (SSSR count). The molecule has 0 aliphatic rings. The van der Waals surface area contributed by atoms with E-state index in [9.17, 15) is 5.11 Å². The molecular formula is C19H28IN3OS. The van der Waals surface area contributed by atoms with E-state index >= 15 is 0 Å². The number of guanidine groups is 1. The Hall–Kier alpha value is -1.12. The van der Waals surface area contributed by atoms with Crippen molar-refractivity contribution in [2.75, 3.05) is 26.2 Å². The van der Waals surface area contributed by atoms with E-state index in [4.69, 9.17) is 0 Å². The number of halogens is 1. The zero-order chi connectivity index (χ0) is 17.2. The Morgan fingerprint density at radius 1 is 1.16 bits per heavy atom. The molecular weight excluding hydrogens is 445 g/mol. The second-order valence-electron chi connectivity index (χ2n) is 5.81. The zero-order valence-electron chi connectivity index (χ0n) is 14.8. The molecule has 0 aliphatic heterocycles. The summed E-state index contributed by atoms with van der Waals surface area (Å²) in [5, 5.41) is 18.4. The lowest BCUT2D eigenvalue weighted by atomic mass is 10.0. The van der Waals surface area contributed by atoms with Crippen molar-refractivity contribution in [2.45, 2.75) is 25.7 Å². The molecule has 0 spiro atoms. The predicted octanol–water partition coefficient (Wildman–Crippen LogP) is 3.80. The van der Waals surface area contributed by atoms with Gasteiger partial charge in [-0.3, -0.25) is 4.99 Å². The number of thiophene rings is 1. The Morgan fingerprint density at radius 2 is 1.92 bits per heavy atom. The Labute approximate surface area is 171 Å². The monoisotopic (exact) mass is 473 g/mol. The zero-order valence-corrected chi connectivity index (χ0v) is 18.0. The number of benzene rings is 1. The van der Waals surface area contributed by atoms with Crippen LogP contribution < -0.4 is 10.6 Å². The Kier molecular flexibility index (Phi) is 10.8. The van der Waals surface area contributed by atoms with Crippen molar-refractivity contribution >= 4 is 41.3 Å². The molecule has 2 atom stereocenters. The summed E-state index contributed by atoms with van der Waals surface area (Å²) in [7, 11) is 0. The fraction of sp³-hybridized carbons (Fsp3) is 0.421. The van der Waals surface area contributed by atoms with Crippen LogP contribution in [0.1, 0.15) is 36.1 Å². The van der Waals surface area contributed by atoms with Gasteiger partial charge in [0.2, 0.25) is 0 Å². The number of hydrogen-bond donors (Lipinski definition) is 3. The van der Waals surface area contributed by atoms with E-state index < -0.39 is 0 Å². The smallest absolute Gasteiger partial charge is 0.191 e. The van der Waals surface area contributed by atoms with Crippen LogP contribution in [0, 0.1) is 0 Å². The maximum absolute atomic E-state index is 9.67. The van der Waals surface area contributed by atoms with Gasteiger partial charge in [-0.15, -0.1) is 35.3 Å². The molecule has 0 radical (unpaired) electrons. The molecule has 1 heterocycles. The number of aliphatic imine (C=N–C) groups is 1. The first kappa shape index (κ1) is 21.9. The van der Waals surface area contributed by atoms with Crippen LogP contribution in [0.5, 0.6) is 0 Å². The number of rotatable bonds is 8. The van der Waals surface area contributed by atoms with Crippen LogP contribution in [-0.4, -0.2) is 37.3 Å². The van der Waals surface area contributed by atoms with E-state index in [1.54, 1.807) is 11.3 Å². The Balaban J connectivity index is 0.00000312. The molecule has 1 aromatic heterocycles. The normalized spacial score (nSPS) is 13.6. The van der Waals surface area contributed by atoms with Crippen molar-refractivity contribution in [3.63, 3.8) is 0 Å². The first-order valence-electron chi connectivity index (χ1n) is 8.46. The first-order chi connectivity index (χ1) is 11.7. The van der Waals surface area contributed by atoms with Crippen LogP contribution in [0.25, 0.3) is 0 Å². The van der Waals surface area contributed by atoms with Crippen molar-refractivity contribution in [3.8, 4) is 0 Å². The van der Waals surface area contributed by atoms with Crippen LogP contribution in [-0.2, 0) is 0 Å². The highest BCUT2D eigenvalue weighted by atomic mass is 127. The number of nitrogens with zero attached hydrogens (tertiary/aromatic N) is 1. The van der Waals surface area contributed by atoms with E-state index in [2.05, 4.69) is 47.0 Å². The lowest BCUT2D eigenvalue weighted by molar-refractivity contribution is 0.265. The Morgan fingerprint density at radius 3 is 2.52 bits per heavy atom. The molecule has 0 fully saturated rings. The molecule has 1 aromatic carbocycles. The summed E-state index contributed by atoms with van der Waals surface area (Å²) < 4.78 is 0. The van der Waals surface area contributed by atoms with Crippen molar-refractivity contribution in [2.24, 2.45) is 4.99 Å². The van der Waals surface area contributed by atoms with E-state index in [-0.39, 0.29) is 36.5 Å². The fourth-order valence-electron chi connectivity index (χ4n) is 2.46. The second-order valence-corrected chi connectivity index (χ2v) is 6.79. The van der Waals surface area contributed by atoms with Crippen LogP contribution in [0.15, 0.2) is 52.8 Å². The topological polar surface area (TPSA) is 56.7 Å². The van der Waals surface area contributed by atoms with Crippen LogP contribution >= 0.6 is 35.3 Å². The van der Waals surface area contributed by atoms with Crippen molar-refractivity contribution in [1.29, 1.82) is 0 Å². The quantitative estimate of drug-likeness (QED) is 0.311. The molecule has 0 bridgehead atoms. The highest BCUT2D eigenvalue weighted by Gasteiger charge is 2.11. The molecule has 2 aromatic rings. The molecule has 25 heavy (non-hydrogen) atoms. The van der Waals surface area contributed by atoms with Crippen LogP contribution in [0.3, 0.4) is 0 Å². The van der Waals surface area contributed by atoms with E-state index in [0.717, 1.165) is 24.6 Å². The summed E-state index contributed by atoms with van der Waals surface area (Å²) in [5.74, 6) is 1.27. The second kappa shape index (κ2) is 12.3. The first-order valence-corrected chi connectivity index (χ1v) is 9.34. The Bertz CT molecular complexity index is 604. The maximum Gasteiger partial charge on any atom is 0.191 e. The molecule has 0 aliphatic carbocycles. The molecule has 0 saturated heterocycles. The van der Waals surface area contributed by atoms with Gasteiger partial charge in [-0.25, -0.2) is 0 Å². The van der Waals surface area contributed by atoms with Crippen LogP contribution in [0.2, 0.25) is 0 Å². The van der Waals surface area contributed by atoms with Gasteiger partial charge in [-0.2, -0.15) is 0 Å². The maximum atomic E-state index is 9.67. The van der Waals surface area contributed by atoms with Gasteiger partial charge in [-0.1, -0.05) is 43.3 Å². The van der Waals surface area contributed by atoms with Gasteiger partial charge >= 0.3 is 0 Å². The van der Waals surface area contributed by atoms with Gasteiger partial charge in [0.25, 0.3) is 0 Å². The number of aliphatic hydroxyl groups is 1. The summed E-state index contributed by atoms with van der Waals surface area (Å²) in [6.45, 7) is 6.57. The summed E-state index contributed by atoms with van der Waals surface area (Å²) in [6, 6.07) is 14.3. The SMILES string of the molecule is CCNC(=NCC(C)c1cccs1)NCC(CO)c1ccccc1.I. The minimum atomic E-state index is 0. The highest BCUT2D eigenvalue weighted by molar-refractivity contribution is 14.0. The van der Waals surface area contributed by atoms with Gasteiger partial charge < -0.3 is 15.7 Å². The minimum absolute atomic E-state index is 0. The third-order valence-electron chi connectivity index (χ3n) is 3.90. The summed E-state index contributed by atoms with van der Waals surface area (Å²) in [5.41, 5.74) is 1.13. The van der Waals surface area contributed by atoms with E-state index in [1.807, 2.05) is 30.3 Å². The lowest BCUT2D eigenvalue weighted by Crippen LogP contribution is -2.40. The van der Waals surface area contributed by atoms with E-state index in [1.165, 1.54) is 4.88 Å². The molecule has 138 valence electrons. The molecule has 0 amide bonds. The molecule has 3 N–H and O–H groups in total. The predicted molar refractivity (Wildman–Crippen MR) is 118 cm³/mol. The molecule has 6 heteroatoms. The summed E-state index contributed by atoms with van der Waals surface area (Å²) in [4.78, 5) is 6.04. The molecule has 4 nitrogen and oxygen atoms in total. The molecule has 0 saturated carbocycles. The summed E-state index contributed by atoms with van der Waals surface area (Å²) >= 11 is 1.77. The summed E-state index contributed by atoms with van der Waals surface area (Å²) in [6.07, 6.45) is 0. The third kappa shape index (κ3) is 7.33. The van der Waals surface area contributed by atoms with Crippen LogP contribution in [0.4, 0.5) is 0 Å². The largest absolute Gasteiger partial charge is 0.396 e. The van der Waals surface area contributed by atoms with Crippen molar-refractivity contribution in [1.82, 2.24) is 10.6 Å². The van der Waals surface area contributed by atoms with Crippen molar-refractivity contribution in [3.05, 3.63) is 58.3 Å². The van der Waals surface area contributed by atoms with Gasteiger partial charge in [0.15, 0.2) is 5.96 Å². The van der Waals surface area contributed by atoms with Crippen molar-refractivity contribution < 1.29 is 5.11 Å². The number of aliphatic hydroxyl groups excluding tert-OH is 1. The minimum Gasteiger partial charge on any atom is -0.396 e. The van der Waals surface area contributed by atoms with Gasteiger partial charge in [0.1, 0.15) is 0 Å². The van der Waals surface area contributed by atoms with Gasteiger partial charge in [-0.05, 0) is 23.9 Å². The van der Waals surface area contributed by atoms with Gasteiger partial charge in [0, 0.05) is 29.8 Å². The number of hydrogen-bond acceptors (Lipinski definition) is 3. The lowest BCUT2D eigenvalue weighted by Gasteiger charge is -2.18. The number of nitrogens with one attached hydrogen (secondary N) is 2. The average Bonchev–Trinajstić information content (AvgIpc) is 3.15. The third-order valence-corrected chi connectivity index (χ3v) is 5.01.